The van der Waals surface area contributed by atoms with Gasteiger partial charge in [0, 0.05) is 18.2 Å². The molecule has 0 aliphatic heterocycles. The minimum absolute atomic E-state index is 0.236. The second kappa shape index (κ2) is 6.69. The molecule has 1 aliphatic carbocycles. The summed E-state index contributed by atoms with van der Waals surface area (Å²) >= 11 is 0. The van der Waals surface area contributed by atoms with Gasteiger partial charge in [0.1, 0.15) is 11.4 Å². The van der Waals surface area contributed by atoms with Crippen molar-refractivity contribution in [1.82, 2.24) is 0 Å². The summed E-state index contributed by atoms with van der Waals surface area (Å²) in [5.74, 6) is 1.48. The molecule has 0 aromatic heterocycles. The summed E-state index contributed by atoms with van der Waals surface area (Å²) in [4.78, 5) is 16.7. The number of carbonyl (C=O) groups excluding carboxylic acids is 1. The van der Waals surface area contributed by atoms with Crippen molar-refractivity contribution in [2.75, 3.05) is 7.11 Å². The maximum Gasteiger partial charge on any atom is 0.163 e. The number of aryl methyl sites for hydroxylation is 1. The van der Waals surface area contributed by atoms with Gasteiger partial charge in [-0.1, -0.05) is 25.7 Å². The number of ether oxygens (including phenoxy) is 1. The molecule has 1 aliphatic rings. The number of carbonyl (C=O) groups is 1. The number of rotatable bonds is 5. The zero-order valence-electron chi connectivity index (χ0n) is 12.6. The molecule has 0 saturated heterocycles. The Balaban J connectivity index is 2.24. The second-order valence-corrected chi connectivity index (χ2v) is 5.50. The first kappa shape index (κ1) is 14.8. The fraction of sp³-hybridized carbons (Fsp3) is 0.529. The quantitative estimate of drug-likeness (QED) is 0.585. The lowest BCUT2D eigenvalue weighted by Gasteiger charge is -2.12. The van der Waals surface area contributed by atoms with Gasteiger partial charge in [0.2, 0.25) is 0 Å². The molecule has 1 aromatic rings. The Morgan fingerprint density at radius 3 is 2.70 bits per heavy atom. The van der Waals surface area contributed by atoms with E-state index in [9.17, 15) is 4.79 Å². The third-order valence-electron chi connectivity index (χ3n) is 4.04. The van der Waals surface area contributed by atoms with E-state index in [1.165, 1.54) is 25.7 Å². The summed E-state index contributed by atoms with van der Waals surface area (Å²) in [7, 11) is 1.62. The summed E-state index contributed by atoms with van der Waals surface area (Å²) < 4.78 is 5.35. The molecule has 20 heavy (non-hydrogen) atoms. The maximum absolute atomic E-state index is 12.5. The van der Waals surface area contributed by atoms with Crippen molar-refractivity contribution in [2.24, 2.45) is 10.9 Å². The van der Waals surface area contributed by atoms with Crippen LogP contribution >= 0.6 is 0 Å². The number of nitrogens with zero attached hydrogens (tertiary/aromatic N) is 1. The fourth-order valence-corrected chi connectivity index (χ4v) is 2.96. The molecule has 1 aromatic carbocycles. The average molecular weight is 273 g/mol. The van der Waals surface area contributed by atoms with Gasteiger partial charge in [0.05, 0.1) is 7.11 Å². The van der Waals surface area contributed by atoms with E-state index in [1.54, 1.807) is 13.3 Å². The van der Waals surface area contributed by atoms with E-state index >= 15 is 0 Å². The first-order valence-electron chi connectivity index (χ1n) is 7.36. The highest BCUT2D eigenvalue weighted by Crippen LogP contribution is 2.33. The number of aliphatic imine (C=N–C) groups is 1. The topological polar surface area (TPSA) is 38.7 Å². The first-order valence-corrected chi connectivity index (χ1v) is 7.36. The van der Waals surface area contributed by atoms with Crippen LogP contribution in [-0.2, 0) is 0 Å². The number of benzene rings is 1. The van der Waals surface area contributed by atoms with Crippen LogP contribution in [0.1, 0.15) is 54.9 Å². The second-order valence-electron chi connectivity index (χ2n) is 5.50. The fourth-order valence-electron chi connectivity index (χ4n) is 2.96. The van der Waals surface area contributed by atoms with Crippen LogP contribution in [0.3, 0.4) is 0 Å². The summed E-state index contributed by atoms with van der Waals surface area (Å²) in [6, 6.07) is 3.77. The van der Waals surface area contributed by atoms with Crippen molar-refractivity contribution in [3.8, 4) is 5.75 Å². The molecule has 1 fully saturated rings. The van der Waals surface area contributed by atoms with E-state index in [2.05, 4.69) is 4.99 Å². The Hall–Kier alpha value is -1.64. The van der Waals surface area contributed by atoms with Crippen molar-refractivity contribution in [1.29, 1.82) is 0 Å². The lowest BCUT2D eigenvalue weighted by Crippen LogP contribution is -2.08. The number of hydrogen-bond acceptors (Lipinski definition) is 3. The Kier molecular flexibility index (Phi) is 4.94. The lowest BCUT2D eigenvalue weighted by molar-refractivity contribution is 0.0961. The molecule has 0 N–H and O–H groups in total. The molecule has 0 atom stereocenters. The largest absolute Gasteiger partial charge is 0.494 e. The average Bonchev–Trinajstić information content (AvgIpc) is 2.92. The van der Waals surface area contributed by atoms with Crippen LogP contribution in [0, 0.1) is 12.8 Å². The third-order valence-corrected chi connectivity index (χ3v) is 4.04. The Bertz CT molecular complexity index is 514. The van der Waals surface area contributed by atoms with Crippen LogP contribution in [0.5, 0.6) is 5.75 Å². The van der Waals surface area contributed by atoms with Gasteiger partial charge in [-0.3, -0.25) is 9.79 Å². The smallest absolute Gasteiger partial charge is 0.163 e. The summed E-state index contributed by atoms with van der Waals surface area (Å²) in [5.41, 5.74) is 2.54. The van der Waals surface area contributed by atoms with Crippen LogP contribution in [0.25, 0.3) is 0 Å². The highest BCUT2D eigenvalue weighted by molar-refractivity contribution is 5.98. The highest BCUT2D eigenvalue weighted by atomic mass is 16.5. The zero-order valence-corrected chi connectivity index (χ0v) is 12.6. The normalized spacial score (nSPS) is 15.9. The van der Waals surface area contributed by atoms with Crippen LogP contribution in [0.2, 0.25) is 0 Å². The van der Waals surface area contributed by atoms with Crippen molar-refractivity contribution in [2.45, 2.75) is 46.0 Å². The monoisotopic (exact) mass is 273 g/mol. The van der Waals surface area contributed by atoms with Gasteiger partial charge in [0.15, 0.2) is 5.78 Å². The van der Waals surface area contributed by atoms with E-state index in [-0.39, 0.29) is 5.78 Å². The van der Waals surface area contributed by atoms with Crippen LogP contribution in [0.4, 0.5) is 5.69 Å². The van der Waals surface area contributed by atoms with Gasteiger partial charge in [-0.15, -0.1) is 0 Å². The Labute approximate surface area is 121 Å². The van der Waals surface area contributed by atoms with Gasteiger partial charge in [-0.25, -0.2) is 0 Å². The van der Waals surface area contributed by atoms with E-state index in [0.29, 0.717) is 18.1 Å². The van der Waals surface area contributed by atoms with E-state index in [1.807, 2.05) is 26.0 Å². The van der Waals surface area contributed by atoms with Crippen LogP contribution < -0.4 is 4.74 Å². The molecule has 0 spiro atoms. The molecular weight excluding hydrogens is 250 g/mol. The van der Waals surface area contributed by atoms with Gasteiger partial charge >= 0.3 is 0 Å². The molecule has 0 bridgehead atoms. The molecule has 108 valence electrons. The van der Waals surface area contributed by atoms with Crippen LogP contribution in [0.15, 0.2) is 17.1 Å². The van der Waals surface area contributed by atoms with Crippen LogP contribution in [-0.4, -0.2) is 19.1 Å². The van der Waals surface area contributed by atoms with E-state index in [0.717, 1.165) is 16.8 Å². The molecule has 3 heteroatoms. The van der Waals surface area contributed by atoms with Gasteiger partial charge in [-0.2, -0.15) is 0 Å². The highest BCUT2D eigenvalue weighted by Gasteiger charge is 2.21. The first-order chi connectivity index (χ1) is 9.65. The number of ketones is 1. The SMILES string of the molecule is CC=Nc1cc(C)c(C(=O)CC2CCCC2)cc1OC. The van der Waals surface area contributed by atoms with Crippen molar-refractivity contribution < 1.29 is 9.53 Å². The predicted octanol–water partition coefficient (Wildman–Crippen LogP) is 4.49. The maximum atomic E-state index is 12.5. The zero-order chi connectivity index (χ0) is 14.5. The number of methoxy groups -OCH3 is 1. The molecule has 3 nitrogen and oxygen atoms in total. The summed E-state index contributed by atoms with van der Waals surface area (Å²) in [6.07, 6.45) is 7.33. The molecule has 0 unspecified atom stereocenters. The summed E-state index contributed by atoms with van der Waals surface area (Å²) in [6.45, 7) is 3.84. The molecule has 0 heterocycles. The third kappa shape index (κ3) is 3.27. The number of Topliss-reactive ketones (excluding diaryl/α,β-unsaturated/α-hetero) is 1. The van der Waals surface area contributed by atoms with E-state index in [4.69, 9.17) is 4.74 Å². The van der Waals surface area contributed by atoms with Gasteiger partial charge < -0.3 is 4.74 Å². The standard InChI is InChI=1S/C17H23NO2/c1-4-18-15-9-12(2)14(11-17(15)20-3)16(19)10-13-7-5-6-8-13/h4,9,11,13H,5-8,10H2,1-3H3. The Morgan fingerprint density at radius 1 is 1.40 bits per heavy atom. The van der Waals surface area contributed by atoms with Gasteiger partial charge in [-0.05, 0) is 37.5 Å². The number of hydrogen-bond donors (Lipinski definition) is 0. The molecule has 2 rings (SSSR count). The summed E-state index contributed by atoms with van der Waals surface area (Å²) in [5, 5.41) is 0. The van der Waals surface area contributed by atoms with Crippen molar-refractivity contribution >= 4 is 17.7 Å². The molecule has 0 amide bonds. The molecule has 0 radical (unpaired) electrons. The predicted molar refractivity (Wildman–Crippen MR) is 82.5 cm³/mol. The van der Waals surface area contributed by atoms with Crippen molar-refractivity contribution in [3.63, 3.8) is 0 Å². The Morgan fingerprint density at radius 2 is 2.10 bits per heavy atom. The van der Waals surface area contributed by atoms with Crippen molar-refractivity contribution in [3.05, 3.63) is 23.3 Å². The minimum Gasteiger partial charge on any atom is -0.494 e. The van der Waals surface area contributed by atoms with E-state index < -0.39 is 0 Å². The molecule has 1 saturated carbocycles. The molecular formula is C17H23NO2. The minimum atomic E-state index is 0.236. The lowest BCUT2D eigenvalue weighted by atomic mass is 9.94. The van der Waals surface area contributed by atoms with Gasteiger partial charge in [0.25, 0.3) is 0 Å².